The highest BCUT2D eigenvalue weighted by atomic mass is 35.5. The van der Waals surface area contributed by atoms with Crippen LogP contribution in [0, 0.1) is 0 Å². The fourth-order valence-corrected chi connectivity index (χ4v) is 5.81. The minimum Gasteiger partial charge on any atom is -0.541 e. The number of hydrogen-bond acceptors (Lipinski definition) is 12. The van der Waals surface area contributed by atoms with Gasteiger partial charge in [-0.2, -0.15) is 0 Å². The van der Waals surface area contributed by atoms with Crippen molar-refractivity contribution in [2.24, 2.45) is 5.16 Å². The predicted molar refractivity (Wildman–Crippen MR) is 144 cm³/mol. The maximum absolute atomic E-state index is 13.3. The number of hydrogen-bond donors (Lipinski definition) is 2. The zero-order valence-electron chi connectivity index (χ0n) is 21.4. The average molecular weight is 598 g/mol. The molecular formula is C22H25BClN5O8S2. The second-order valence-corrected chi connectivity index (χ2v) is 11.4. The van der Waals surface area contributed by atoms with Crippen molar-refractivity contribution < 1.29 is 38.2 Å². The van der Waals surface area contributed by atoms with Gasteiger partial charge in [-0.3, -0.25) is 24.6 Å². The lowest BCUT2D eigenvalue weighted by atomic mass is 10.0. The lowest BCUT2D eigenvalue weighted by molar-refractivity contribution is -0.147. The molecule has 13 nitrogen and oxygen atoms in total. The number of carbonyl (C=O) groups excluding carboxylic acids is 5. The van der Waals surface area contributed by atoms with E-state index < -0.39 is 47.0 Å². The molecule has 1 aromatic rings. The first-order valence-electron chi connectivity index (χ1n) is 11.5. The van der Waals surface area contributed by atoms with Crippen LogP contribution in [0.3, 0.4) is 0 Å². The van der Waals surface area contributed by atoms with E-state index in [1.807, 2.05) is 0 Å². The molecule has 3 amide bonds. The van der Waals surface area contributed by atoms with Crippen LogP contribution >= 0.6 is 34.7 Å². The van der Waals surface area contributed by atoms with Crippen molar-refractivity contribution in [2.75, 3.05) is 16.9 Å². The molecule has 3 heterocycles. The quantitative estimate of drug-likeness (QED) is 0.101. The molecule has 2 aliphatic heterocycles. The smallest absolute Gasteiger partial charge is 0.413 e. The van der Waals surface area contributed by atoms with E-state index in [0.717, 1.165) is 11.3 Å². The molecule has 1 aromatic heterocycles. The summed E-state index contributed by atoms with van der Waals surface area (Å²) in [6.07, 6.45) is -1.30. The van der Waals surface area contributed by atoms with Gasteiger partial charge in [0.2, 0.25) is 6.10 Å². The largest absolute Gasteiger partial charge is 0.541 e. The number of nitrogens with one attached hydrogen (secondary N) is 2. The summed E-state index contributed by atoms with van der Waals surface area (Å²) in [5, 5.41) is 9.84. The van der Waals surface area contributed by atoms with E-state index >= 15 is 0 Å². The van der Waals surface area contributed by atoms with Crippen molar-refractivity contribution >= 4 is 83.8 Å². The van der Waals surface area contributed by atoms with E-state index in [-0.39, 0.29) is 34.5 Å². The summed E-state index contributed by atoms with van der Waals surface area (Å²) in [6, 6.07) is -0.978. The Labute approximate surface area is 238 Å². The Morgan fingerprint density at radius 1 is 1.38 bits per heavy atom. The number of oxime groups is 1. The van der Waals surface area contributed by atoms with E-state index in [9.17, 15) is 24.0 Å². The lowest BCUT2D eigenvalue weighted by Gasteiger charge is -2.49. The molecule has 1 fully saturated rings. The maximum atomic E-state index is 13.3. The van der Waals surface area contributed by atoms with Crippen molar-refractivity contribution in [3.05, 3.63) is 22.3 Å². The third-order valence-electron chi connectivity index (χ3n) is 5.24. The monoisotopic (exact) mass is 597 g/mol. The van der Waals surface area contributed by atoms with Crippen LogP contribution in [-0.2, 0) is 33.4 Å². The van der Waals surface area contributed by atoms with Gasteiger partial charge < -0.3 is 19.5 Å². The Hall–Kier alpha value is -3.11. The van der Waals surface area contributed by atoms with Crippen LogP contribution in [0.5, 0.6) is 0 Å². The number of β-lactam (4-membered cyclic amide) rings is 1. The molecule has 1 saturated heterocycles. The van der Waals surface area contributed by atoms with Gasteiger partial charge in [-0.1, -0.05) is 12.1 Å². The van der Waals surface area contributed by atoms with Gasteiger partial charge in [0, 0.05) is 17.0 Å². The van der Waals surface area contributed by atoms with E-state index in [1.165, 1.54) is 22.0 Å². The van der Waals surface area contributed by atoms with Crippen LogP contribution in [0.25, 0.3) is 0 Å². The summed E-state index contributed by atoms with van der Waals surface area (Å²) in [5.41, 5.74) is -0.346. The molecule has 39 heavy (non-hydrogen) atoms. The van der Waals surface area contributed by atoms with Gasteiger partial charge in [0.05, 0.1) is 5.70 Å². The van der Waals surface area contributed by atoms with Gasteiger partial charge >= 0.3 is 20.1 Å². The number of aldehydes is 1. The topological polar surface area (TPSA) is 166 Å². The fourth-order valence-electron chi connectivity index (χ4n) is 3.42. The standard InChI is InChI=1S/C22H25BClN5O8S2/c1-5-13(19(33)36-23)37-28-14(11-9-39-20(25-11)27-21(34)35-22(2,3)4)16(31)26-15-17(32)29-12(7-30)10(6-24)8-38-18(15)29/h7,9,13,15,18H,5-6,8H2,1-4H3,(H,26,31)(H,25,27,34)/b28-14-/t13-,15+,18+/m0/s1. The molecule has 0 bridgehead atoms. The maximum Gasteiger partial charge on any atom is 0.413 e. The van der Waals surface area contributed by atoms with Crippen LogP contribution < -0.4 is 10.6 Å². The number of rotatable bonds is 10. The van der Waals surface area contributed by atoms with E-state index in [0.29, 0.717) is 17.6 Å². The molecule has 3 atom stereocenters. The van der Waals surface area contributed by atoms with Crippen LogP contribution in [0.15, 0.2) is 21.8 Å². The predicted octanol–water partition coefficient (Wildman–Crippen LogP) is 1.71. The van der Waals surface area contributed by atoms with Crippen LogP contribution in [0.2, 0.25) is 0 Å². The Bertz CT molecular complexity index is 1220. The third-order valence-corrected chi connectivity index (χ3v) is 7.66. The third kappa shape index (κ3) is 7.11. The van der Waals surface area contributed by atoms with Gasteiger partial charge in [0.1, 0.15) is 22.7 Å². The fraction of sp³-hybridized carbons (Fsp3) is 0.500. The molecular weight excluding hydrogens is 573 g/mol. The minimum atomic E-state index is -1.22. The molecule has 3 rings (SSSR count). The summed E-state index contributed by atoms with van der Waals surface area (Å²) in [4.78, 5) is 72.4. The average Bonchev–Trinajstić information content (AvgIpc) is 3.34. The normalized spacial score (nSPS) is 19.9. The Kier molecular flexibility index (Phi) is 10.0. The number of alkyl halides is 1. The molecule has 0 unspecified atom stereocenters. The summed E-state index contributed by atoms with van der Waals surface area (Å²) >= 11 is 8.20. The minimum absolute atomic E-state index is 0.0163. The van der Waals surface area contributed by atoms with Crippen molar-refractivity contribution in [3.8, 4) is 0 Å². The van der Waals surface area contributed by atoms with Crippen molar-refractivity contribution in [1.29, 1.82) is 0 Å². The Balaban J connectivity index is 1.83. The highest BCUT2D eigenvalue weighted by Crippen LogP contribution is 2.39. The van der Waals surface area contributed by atoms with Crippen LogP contribution in [0.1, 0.15) is 39.8 Å². The Morgan fingerprint density at radius 2 is 2.10 bits per heavy atom. The van der Waals surface area contributed by atoms with Gasteiger partial charge in [-0.15, -0.1) is 34.7 Å². The van der Waals surface area contributed by atoms with Crippen LogP contribution in [-0.4, -0.2) is 88.6 Å². The Morgan fingerprint density at radius 3 is 2.69 bits per heavy atom. The number of nitrogens with zero attached hydrogens (tertiary/aromatic N) is 3. The molecule has 17 heteroatoms. The summed E-state index contributed by atoms with van der Waals surface area (Å²) in [7, 11) is 4.93. The number of fused-ring (bicyclic) bond motifs is 1. The molecule has 0 saturated carbocycles. The summed E-state index contributed by atoms with van der Waals surface area (Å²) < 4.78 is 9.39. The highest BCUT2D eigenvalue weighted by Gasteiger charge is 2.52. The van der Waals surface area contributed by atoms with Crippen molar-refractivity contribution in [3.63, 3.8) is 0 Å². The van der Waals surface area contributed by atoms with Crippen molar-refractivity contribution in [1.82, 2.24) is 15.2 Å². The molecule has 0 aliphatic carbocycles. The zero-order valence-corrected chi connectivity index (χ0v) is 23.8. The highest BCUT2D eigenvalue weighted by molar-refractivity contribution is 8.00. The lowest BCUT2D eigenvalue weighted by Crippen LogP contribution is -2.70. The first-order chi connectivity index (χ1) is 18.4. The molecule has 0 spiro atoms. The first kappa shape index (κ1) is 30.4. The number of halogens is 1. The van der Waals surface area contributed by atoms with E-state index in [2.05, 4.69) is 25.4 Å². The molecule has 2 aliphatic rings. The molecule has 2 radical (unpaired) electrons. The summed E-state index contributed by atoms with van der Waals surface area (Å²) in [6.45, 7) is 6.69. The van der Waals surface area contributed by atoms with Crippen LogP contribution in [0.4, 0.5) is 9.93 Å². The number of amides is 3. The number of aromatic nitrogens is 1. The number of anilines is 1. The zero-order chi connectivity index (χ0) is 28.9. The second-order valence-electron chi connectivity index (χ2n) is 9.15. The van der Waals surface area contributed by atoms with E-state index in [4.69, 9.17) is 29.2 Å². The number of ether oxygens (including phenoxy) is 1. The number of carbonyl (C=O) groups is 5. The van der Waals surface area contributed by atoms with Gasteiger partial charge in [-0.25, -0.2) is 14.6 Å². The second kappa shape index (κ2) is 12.8. The SMILES string of the molecule is [B]OC(=O)[C@H](CC)O/N=C(\C(=O)N[C@@H]1C(=O)N2C(C=O)=C(CCl)CS[C@H]12)c1csc(NC(=O)OC(C)(C)C)n1. The molecule has 2 N–H and O–H groups in total. The van der Waals surface area contributed by atoms with Crippen molar-refractivity contribution in [2.45, 2.75) is 57.2 Å². The molecule has 0 aromatic carbocycles. The van der Waals surface area contributed by atoms with E-state index in [1.54, 1.807) is 27.7 Å². The number of thioether (sulfide) groups is 1. The first-order valence-corrected chi connectivity index (χ1v) is 14.0. The summed E-state index contributed by atoms with van der Waals surface area (Å²) in [5.74, 6) is -1.77. The van der Waals surface area contributed by atoms with Gasteiger partial charge in [0.15, 0.2) is 17.1 Å². The van der Waals surface area contributed by atoms with Gasteiger partial charge in [-0.05, 0) is 32.8 Å². The van der Waals surface area contributed by atoms with Gasteiger partial charge in [0.25, 0.3) is 11.8 Å². The number of allylic oxidation sites excluding steroid dienone is 1. The molecule has 208 valence electrons. The number of thiazole rings is 1.